The summed E-state index contributed by atoms with van der Waals surface area (Å²) < 4.78 is 0. The Labute approximate surface area is 93.7 Å². The van der Waals surface area contributed by atoms with Crippen LogP contribution in [0.4, 0.5) is 0 Å². The highest BCUT2D eigenvalue weighted by Crippen LogP contribution is 2.09. The van der Waals surface area contributed by atoms with E-state index < -0.39 is 17.5 Å². The molecule has 0 unspecified atom stereocenters. The molecule has 0 rings (SSSR count). The molecule has 6 nitrogen and oxygen atoms in total. The minimum atomic E-state index is -1.22. The molecule has 16 heavy (non-hydrogen) atoms. The summed E-state index contributed by atoms with van der Waals surface area (Å²) in [5, 5.41) is 12.7. The van der Waals surface area contributed by atoms with Gasteiger partial charge >= 0.3 is 11.9 Å². The van der Waals surface area contributed by atoms with Gasteiger partial charge in [-0.25, -0.2) is 9.59 Å². The predicted molar refractivity (Wildman–Crippen MR) is 54.0 cm³/mol. The highest BCUT2D eigenvalue weighted by Gasteiger charge is 2.16. The normalized spacial score (nSPS) is 12.4. The van der Waals surface area contributed by atoms with Gasteiger partial charge in [-0.15, -0.1) is 0 Å². The predicted octanol–water partition coefficient (Wildman–Crippen LogP) is 1.61. The van der Waals surface area contributed by atoms with Crippen LogP contribution in [0.5, 0.6) is 0 Å². The molecule has 0 fully saturated rings. The van der Waals surface area contributed by atoms with Crippen molar-refractivity contribution in [2.75, 3.05) is 0 Å². The van der Waals surface area contributed by atoms with Crippen LogP contribution in [0.3, 0.4) is 0 Å². The molecule has 0 atom stereocenters. The third-order valence-electron chi connectivity index (χ3n) is 1.33. The molecule has 0 aromatic rings. The number of rotatable bonds is 5. The first-order valence-corrected chi connectivity index (χ1v) is 4.76. The topological polar surface area (TPSA) is 82.1 Å². The van der Waals surface area contributed by atoms with Crippen molar-refractivity contribution in [3.8, 4) is 0 Å². The van der Waals surface area contributed by atoms with Crippen molar-refractivity contribution in [1.29, 1.82) is 0 Å². The van der Waals surface area contributed by atoms with Gasteiger partial charge in [0.05, 0.1) is 5.60 Å². The molecule has 0 aliphatic rings. The Balaban J connectivity index is 4.19. The van der Waals surface area contributed by atoms with E-state index in [9.17, 15) is 9.59 Å². The lowest BCUT2D eigenvalue weighted by Crippen LogP contribution is -2.21. The van der Waals surface area contributed by atoms with Gasteiger partial charge in [-0.1, -0.05) is 6.92 Å². The van der Waals surface area contributed by atoms with E-state index in [0.717, 1.165) is 6.08 Å². The molecule has 0 amide bonds. The Morgan fingerprint density at radius 3 is 2.25 bits per heavy atom. The zero-order valence-electron chi connectivity index (χ0n) is 9.77. The van der Waals surface area contributed by atoms with E-state index in [4.69, 9.17) is 5.11 Å². The summed E-state index contributed by atoms with van der Waals surface area (Å²) in [5.41, 5.74) is -0.631. The second-order valence-corrected chi connectivity index (χ2v) is 4.00. The van der Waals surface area contributed by atoms with Crippen LogP contribution >= 0.6 is 0 Å². The molecule has 92 valence electrons. The van der Waals surface area contributed by atoms with E-state index >= 15 is 0 Å². The molecule has 0 bridgehead atoms. The second-order valence-electron chi connectivity index (χ2n) is 4.00. The van der Waals surface area contributed by atoms with Gasteiger partial charge in [0.25, 0.3) is 0 Å². The molecular formula is C10H16O6. The maximum absolute atomic E-state index is 11.2. The van der Waals surface area contributed by atoms with Gasteiger partial charge in [-0.3, -0.25) is 4.89 Å². The molecule has 0 saturated heterocycles. The van der Waals surface area contributed by atoms with Crippen molar-refractivity contribution in [2.45, 2.75) is 39.7 Å². The number of carbonyl (C=O) groups excluding carboxylic acids is 1. The van der Waals surface area contributed by atoms with Gasteiger partial charge in [-0.2, -0.15) is 4.89 Å². The summed E-state index contributed by atoms with van der Waals surface area (Å²) in [7, 11) is 0. The average molecular weight is 232 g/mol. The summed E-state index contributed by atoms with van der Waals surface area (Å²) >= 11 is 0. The van der Waals surface area contributed by atoms with E-state index in [0.29, 0.717) is 0 Å². The summed E-state index contributed by atoms with van der Waals surface area (Å²) in [6.45, 7) is 6.73. The fourth-order valence-corrected chi connectivity index (χ4v) is 0.658. The number of hydrogen-bond acceptors (Lipinski definition) is 5. The highest BCUT2D eigenvalue weighted by molar-refractivity contribution is 5.95. The van der Waals surface area contributed by atoms with Crippen LogP contribution in [0.25, 0.3) is 0 Å². The fraction of sp³-hybridized carbons (Fsp3) is 0.600. The minimum Gasteiger partial charge on any atom is -0.478 e. The standard InChI is InChI=1S/C10H16O6/c1-5-7(6-8(11)12)9(13)14-16-15-10(2,3)4/h6H,5H2,1-4H3,(H,11,12)/b7-6+. The molecule has 0 aromatic carbocycles. The Bertz CT molecular complexity index is 286. The van der Waals surface area contributed by atoms with Crippen molar-refractivity contribution >= 4 is 11.9 Å². The molecule has 6 heteroatoms. The first kappa shape index (κ1) is 14.6. The van der Waals surface area contributed by atoms with E-state index in [2.05, 4.69) is 14.8 Å². The average Bonchev–Trinajstić information content (AvgIpc) is 2.11. The van der Waals surface area contributed by atoms with Crippen molar-refractivity contribution in [2.24, 2.45) is 0 Å². The Morgan fingerprint density at radius 2 is 1.88 bits per heavy atom. The third-order valence-corrected chi connectivity index (χ3v) is 1.33. The zero-order chi connectivity index (χ0) is 12.8. The molecule has 1 N–H and O–H groups in total. The number of carboxylic acids is 1. The van der Waals surface area contributed by atoms with E-state index in [1.54, 1.807) is 27.7 Å². The lowest BCUT2D eigenvalue weighted by atomic mass is 10.2. The molecule has 0 saturated carbocycles. The largest absolute Gasteiger partial charge is 0.478 e. The molecule has 0 radical (unpaired) electrons. The van der Waals surface area contributed by atoms with Crippen molar-refractivity contribution in [1.82, 2.24) is 0 Å². The third kappa shape index (κ3) is 6.97. The van der Waals surface area contributed by atoms with Crippen LogP contribution in [0.2, 0.25) is 0 Å². The number of hydrogen-bond donors (Lipinski definition) is 1. The second kappa shape index (κ2) is 6.24. The van der Waals surface area contributed by atoms with E-state index in [1.807, 2.05) is 0 Å². The number of aliphatic carboxylic acids is 1. The first-order chi connectivity index (χ1) is 7.26. The lowest BCUT2D eigenvalue weighted by molar-refractivity contribution is -0.513. The van der Waals surface area contributed by atoms with Gasteiger partial charge in [-0.05, 0) is 32.2 Å². The summed E-state index contributed by atoms with van der Waals surface area (Å²) in [6.07, 6.45) is 0.993. The van der Waals surface area contributed by atoms with Crippen LogP contribution in [-0.2, 0) is 24.4 Å². The van der Waals surface area contributed by atoms with Gasteiger partial charge < -0.3 is 5.11 Å². The molecule has 0 aromatic heterocycles. The molecule has 0 spiro atoms. The van der Waals surface area contributed by atoms with Gasteiger partial charge in [0.2, 0.25) is 0 Å². The number of carbonyl (C=O) groups is 2. The van der Waals surface area contributed by atoms with Crippen LogP contribution in [0.1, 0.15) is 34.1 Å². The maximum Gasteiger partial charge on any atom is 0.372 e. The first-order valence-electron chi connectivity index (χ1n) is 4.76. The van der Waals surface area contributed by atoms with Gasteiger partial charge in [0, 0.05) is 11.6 Å². The van der Waals surface area contributed by atoms with Gasteiger partial charge in [0.1, 0.15) is 0 Å². The SMILES string of the molecule is CC/C(=C\C(=O)O)C(=O)OOOC(C)(C)C. The smallest absolute Gasteiger partial charge is 0.372 e. The van der Waals surface area contributed by atoms with E-state index in [-0.39, 0.29) is 12.0 Å². The van der Waals surface area contributed by atoms with Crippen LogP contribution in [-0.4, -0.2) is 22.6 Å². The van der Waals surface area contributed by atoms with Crippen molar-refractivity contribution < 1.29 is 29.5 Å². The Hall–Kier alpha value is -1.40. The minimum absolute atomic E-state index is 0.00925. The molecule has 0 aliphatic heterocycles. The van der Waals surface area contributed by atoms with Crippen LogP contribution < -0.4 is 0 Å². The monoisotopic (exact) mass is 232 g/mol. The van der Waals surface area contributed by atoms with Crippen molar-refractivity contribution in [3.63, 3.8) is 0 Å². The fourth-order valence-electron chi connectivity index (χ4n) is 0.658. The van der Waals surface area contributed by atoms with E-state index in [1.165, 1.54) is 0 Å². The highest BCUT2D eigenvalue weighted by atomic mass is 17.5. The molecule has 0 aliphatic carbocycles. The summed E-state index contributed by atoms with van der Waals surface area (Å²) in [4.78, 5) is 30.5. The lowest BCUT2D eigenvalue weighted by Gasteiger charge is -2.15. The summed E-state index contributed by atoms with van der Waals surface area (Å²) in [5.74, 6) is -2.10. The maximum atomic E-state index is 11.2. The molecule has 0 heterocycles. The van der Waals surface area contributed by atoms with Crippen LogP contribution in [0, 0.1) is 0 Å². The Morgan fingerprint density at radius 1 is 1.31 bits per heavy atom. The quantitative estimate of drug-likeness (QED) is 0.440. The Kier molecular flexibility index (Phi) is 5.69. The van der Waals surface area contributed by atoms with Gasteiger partial charge in [0.15, 0.2) is 0 Å². The zero-order valence-corrected chi connectivity index (χ0v) is 9.77. The van der Waals surface area contributed by atoms with Crippen molar-refractivity contribution in [3.05, 3.63) is 11.6 Å². The number of carboxylic acid groups (broad SMARTS) is 1. The van der Waals surface area contributed by atoms with Crippen LogP contribution in [0.15, 0.2) is 11.6 Å². The summed E-state index contributed by atoms with van der Waals surface area (Å²) in [6, 6.07) is 0. The molecular weight excluding hydrogens is 216 g/mol.